The van der Waals surface area contributed by atoms with Gasteiger partial charge in [-0.15, -0.1) is 23.1 Å². The van der Waals surface area contributed by atoms with Crippen LogP contribution in [0.25, 0.3) is 5.69 Å². The Bertz CT molecular complexity index is 2480. The highest BCUT2D eigenvalue weighted by molar-refractivity contribution is 7.94. The zero-order valence-corrected chi connectivity index (χ0v) is 45.5. The number of amides is 2. The number of carbonyl (C=O) groups is 3. The number of terminal acetylenes is 1. The maximum Gasteiger partial charge on any atom is 0.350 e. The van der Waals surface area contributed by atoms with E-state index in [0.29, 0.717) is 57.9 Å². The van der Waals surface area contributed by atoms with Gasteiger partial charge in [0.1, 0.15) is 50.7 Å². The van der Waals surface area contributed by atoms with E-state index >= 15 is 0 Å². The molecule has 3 N–H and O–H groups in total. The SMILES string of the molecule is C#CCOc1cc(-n2nc3n(c2=O)CCCC3)c(Cl)cc1Cl.CC1COc2ccccc2N1C(=O)C(Cl)Cl.CCOCN(C(=O)CCl)c1c(C)cccc1CC.C[S+](C)C.O=C(O)CNCP(=O)([O-])O. The molecule has 2 amide bonds. The molecule has 24 heteroatoms. The number of hydrogen-bond donors (Lipinski definition) is 3. The molecule has 0 bridgehead atoms. The third-order valence-electron chi connectivity index (χ3n) is 9.38. The number of halogens is 5. The maximum absolute atomic E-state index is 12.5. The molecular formula is C46H60Cl5N6O11PS. The van der Waals surface area contributed by atoms with Gasteiger partial charge in [-0.1, -0.05) is 89.6 Å². The van der Waals surface area contributed by atoms with Gasteiger partial charge < -0.3 is 38.6 Å². The number of ether oxygens (including phenoxy) is 3. The van der Waals surface area contributed by atoms with Crippen molar-refractivity contribution in [2.24, 2.45) is 0 Å². The highest BCUT2D eigenvalue weighted by Gasteiger charge is 2.32. The number of aromatic nitrogens is 3. The Morgan fingerprint density at radius 3 is 2.33 bits per heavy atom. The average Bonchev–Trinajstić information content (AvgIpc) is 3.64. The Morgan fingerprint density at radius 1 is 1.09 bits per heavy atom. The Labute approximate surface area is 437 Å². The average molecular weight is 1110 g/mol. The predicted octanol–water partition coefficient (Wildman–Crippen LogP) is 7.07. The standard InChI is InChI=1S/C15H13Cl2N3O2.C14H20ClNO2.C11H11Cl2NO2.C3H8NO5P.C3H9S/c1-2-7-22-13-9-12(10(16)8-11(13)17)20-15(21)19-6-4-3-5-14(19)18-20;1-4-12-8-6-7-11(3)14(12)16(10-18-5-2)13(17)9-15;1-7-6-16-9-5-3-2-4-8(9)14(7)11(15)10(12)13;5-3(6)1-4-2-10(7,8)9;1-4(2)3/h1,8-9H,3-7H2;6-8H,4-5,9-10H2,1-3H3;2-5,7,10H,6H2,1H3;4H,1-2H2,(H,5,6)(H2,7,8,9);1-3H3/q;;;;+1/p-1. The normalized spacial score (nSPS) is 14.2. The molecule has 2 aliphatic heterocycles. The van der Waals surface area contributed by atoms with E-state index in [4.69, 9.17) is 88.6 Å². The van der Waals surface area contributed by atoms with Crippen molar-refractivity contribution in [2.75, 3.05) is 73.8 Å². The van der Waals surface area contributed by atoms with Gasteiger partial charge in [0.15, 0.2) is 4.84 Å². The van der Waals surface area contributed by atoms with Crippen molar-refractivity contribution in [3.05, 3.63) is 92.1 Å². The number of alkyl halides is 3. The molecule has 386 valence electrons. The van der Waals surface area contributed by atoms with Gasteiger partial charge in [0.05, 0.1) is 64.7 Å². The summed E-state index contributed by atoms with van der Waals surface area (Å²) in [6, 6.07) is 16.4. The first kappa shape index (κ1) is 62.2. The van der Waals surface area contributed by atoms with Crippen LogP contribution in [0.2, 0.25) is 10.0 Å². The summed E-state index contributed by atoms with van der Waals surface area (Å²) < 4.78 is 29.2. The number of anilines is 2. The maximum atomic E-state index is 12.5. The molecule has 2 aliphatic rings. The van der Waals surface area contributed by atoms with Crippen molar-refractivity contribution >= 4 is 106 Å². The Hall–Kier alpha value is -3.96. The van der Waals surface area contributed by atoms with Crippen molar-refractivity contribution < 1.29 is 48.1 Å². The predicted molar refractivity (Wildman–Crippen MR) is 280 cm³/mol. The number of fused-ring (bicyclic) bond motifs is 2. The second kappa shape index (κ2) is 31.5. The van der Waals surface area contributed by atoms with Crippen LogP contribution < -0.4 is 35.2 Å². The van der Waals surface area contributed by atoms with Gasteiger partial charge >= 0.3 is 11.7 Å². The first-order chi connectivity index (χ1) is 33.0. The zero-order chi connectivity index (χ0) is 52.7. The number of aliphatic carboxylic acids is 1. The van der Waals surface area contributed by atoms with Crippen LogP contribution in [-0.2, 0) is 54.0 Å². The molecule has 0 radical (unpaired) electrons. The largest absolute Gasteiger partial charge is 0.778 e. The molecule has 0 fully saturated rings. The second-order valence-corrected chi connectivity index (χ2v) is 21.7. The van der Waals surface area contributed by atoms with E-state index in [2.05, 4.69) is 36.7 Å². The van der Waals surface area contributed by atoms with E-state index in [1.807, 2.05) is 68.6 Å². The van der Waals surface area contributed by atoms with Crippen LogP contribution in [0.5, 0.6) is 11.5 Å². The highest BCUT2D eigenvalue weighted by Crippen LogP contribution is 2.35. The molecule has 2 unspecified atom stereocenters. The highest BCUT2D eigenvalue weighted by atomic mass is 35.5. The fourth-order valence-electron chi connectivity index (χ4n) is 6.42. The summed E-state index contributed by atoms with van der Waals surface area (Å²) in [6.45, 7) is 9.41. The summed E-state index contributed by atoms with van der Waals surface area (Å²) in [4.78, 5) is 66.2. The van der Waals surface area contributed by atoms with Crippen LogP contribution in [0.3, 0.4) is 0 Å². The Balaban J connectivity index is 0.000000321. The van der Waals surface area contributed by atoms with Crippen molar-refractivity contribution in [3.8, 4) is 29.5 Å². The molecule has 4 aromatic rings. The molecule has 70 heavy (non-hydrogen) atoms. The van der Waals surface area contributed by atoms with Crippen LogP contribution in [-0.4, -0.2) is 117 Å². The lowest BCUT2D eigenvalue weighted by atomic mass is 10.0. The monoisotopic (exact) mass is 1110 g/mol. The van der Waals surface area contributed by atoms with Crippen molar-refractivity contribution in [2.45, 2.75) is 70.8 Å². The molecule has 1 aromatic heterocycles. The van der Waals surface area contributed by atoms with Crippen molar-refractivity contribution in [3.63, 3.8) is 0 Å². The van der Waals surface area contributed by atoms with E-state index in [9.17, 15) is 28.6 Å². The van der Waals surface area contributed by atoms with Gasteiger partial charge in [-0.3, -0.25) is 29.2 Å². The first-order valence-corrected chi connectivity index (χ1v) is 27.9. The van der Waals surface area contributed by atoms with E-state index in [-0.39, 0.29) is 42.8 Å². The van der Waals surface area contributed by atoms with E-state index in [1.54, 1.807) is 20.4 Å². The summed E-state index contributed by atoms with van der Waals surface area (Å²) >= 11 is 29.2. The van der Waals surface area contributed by atoms with Gasteiger partial charge in [-0.05, 0) is 80.3 Å². The number of carbonyl (C=O) groups excluding carboxylic acids is 2. The summed E-state index contributed by atoms with van der Waals surface area (Å²) in [7, 11) is -3.71. The smallest absolute Gasteiger partial charge is 0.350 e. The van der Waals surface area contributed by atoms with Gasteiger partial charge in [0, 0.05) is 25.6 Å². The van der Waals surface area contributed by atoms with Crippen LogP contribution in [0.1, 0.15) is 50.6 Å². The number of carboxylic acids is 1. The quantitative estimate of drug-likeness (QED) is 0.0379. The molecule has 0 aliphatic carbocycles. The van der Waals surface area contributed by atoms with Crippen LogP contribution in [0.4, 0.5) is 11.4 Å². The summed E-state index contributed by atoms with van der Waals surface area (Å²) in [5.41, 5.74) is 4.07. The number of rotatable bonds is 14. The summed E-state index contributed by atoms with van der Waals surface area (Å²) in [6.07, 6.45) is 14.7. The van der Waals surface area contributed by atoms with E-state index in [1.165, 1.54) is 10.7 Å². The minimum Gasteiger partial charge on any atom is -0.778 e. The van der Waals surface area contributed by atoms with Crippen LogP contribution >= 0.6 is 65.6 Å². The van der Waals surface area contributed by atoms with Gasteiger partial charge in [-0.2, -0.15) is 4.68 Å². The Morgan fingerprint density at radius 2 is 1.76 bits per heavy atom. The topological polar surface area (TPSA) is 218 Å². The molecule has 0 saturated carbocycles. The second-order valence-electron chi connectivity index (χ2n) is 15.4. The molecule has 0 saturated heterocycles. The van der Waals surface area contributed by atoms with E-state index < -0.39 is 31.2 Å². The minimum absolute atomic E-state index is 0.0371. The lowest BCUT2D eigenvalue weighted by Gasteiger charge is -2.35. The third kappa shape index (κ3) is 20.3. The summed E-state index contributed by atoms with van der Waals surface area (Å²) in [5, 5.41) is 15.0. The molecule has 0 spiro atoms. The van der Waals surface area contributed by atoms with Gasteiger partial charge in [-0.25, -0.2) is 4.79 Å². The molecule has 3 heterocycles. The number of benzene rings is 3. The number of hydrogen-bond acceptors (Lipinski definition) is 11. The van der Waals surface area contributed by atoms with Crippen molar-refractivity contribution in [1.82, 2.24) is 19.7 Å². The number of aryl methyl sites for hydroxylation is 3. The number of carboxylic acid groups (broad SMARTS) is 1. The lowest BCUT2D eigenvalue weighted by molar-refractivity contribution is -0.193. The molecule has 2 atom stereocenters. The van der Waals surface area contributed by atoms with Crippen LogP contribution in [0.15, 0.2) is 59.4 Å². The summed E-state index contributed by atoms with van der Waals surface area (Å²) in [5.74, 6) is 2.54. The fourth-order valence-corrected chi connectivity index (χ4v) is 7.69. The lowest BCUT2D eigenvalue weighted by Crippen LogP contribution is -2.47. The fraction of sp³-hybridized carbons (Fsp3) is 0.457. The Kier molecular flexibility index (Phi) is 28.0. The molecule has 3 aromatic carbocycles. The van der Waals surface area contributed by atoms with E-state index in [0.717, 1.165) is 54.0 Å². The van der Waals surface area contributed by atoms with Crippen LogP contribution in [0, 0.1) is 19.3 Å². The minimum atomic E-state index is -4.35. The zero-order valence-electron chi connectivity index (χ0n) is 40.0. The number of nitrogens with one attached hydrogen (secondary N) is 1. The molecule has 17 nitrogen and oxygen atoms in total. The third-order valence-corrected chi connectivity index (χ3v) is 11.2. The van der Waals surface area contributed by atoms with Crippen molar-refractivity contribution in [1.29, 1.82) is 0 Å². The van der Waals surface area contributed by atoms with Gasteiger partial charge in [0.2, 0.25) is 5.91 Å². The first-order valence-electron chi connectivity index (χ1n) is 21.6. The number of nitrogens with zero attached hydrogens (tertiary/aromatic N) is 5. The number of para-hydroxylation sites is 3. The van der Waals surface area contributed by atoms with Gasteiger partial charge in [0.25, 0.3) is 5.91 Å². The molecule has 6 rings (SSSR count). The molecular weight excluding hydrogens is 1050 g/mol.